The van der Waals surface area contributed by atoms with Crippen molar-refractivity contribution in [2.75, 3.05) is 39.3 Å². The quantitative estimate of drug-likeness (QED) is 0.757. The first-order valence-electron chi connectivity index (χ1n) is 6.18. The van der Waals surface area contributed by atoms with E-state index in [2.05, 4.69) is 20.8 Å². The smallest absolute Gasteiger partial charge is 0.133 e. The first-order valence-corrected chi connectivity index (χ1v) is 6.98. The van der Waals surface area contributed by atoms with Crippen molar-refractivity contribution in [1.82, 2.24) is 4.90 Å². The average Bonchev–Trinajstić information content (AvgIpc) is 2.35. The zero-order valence-corrected chi connectivity index (χ0v) is 11.4. The van der Waals surface area contributed by atoms with Crippen LogP contribution in [0.2, 0.25) is 0 Å². The van der Waals surface area contributed by atoms with Gasteiger partial charge in [-0.3, -0.25) is 4.90 Å². The molecule has 0 radical (unpaired) electrons. The fourth-order valence-corrected chi connectivity index (χ4v) is 3.31. The van der Waals surface area contributed by atoms with Gasteiger partial charge in [0, 0.05) is 29.7 Å². The van der Waals surface area contributed by atoms with Crippen molar-refractivity contribution in [2.45, 2.75) is 6.54 Å². The number of quaternary nitrogens is 1. The number of benzene rings is 1. The van der Waals surface area contributed by atoms with E-state index in [1.165, 1.54) is 39.3 Å². The minimum Gasteiger partial charge on any atom is -0.317 e. The summed E-state index contributed by atoms with van der Waals surface area (Å²) in [6.07, 6.45) is 0. The maximum atomic E-state index is 13.9. The molecule has 0 unspecified atom stereocenters. The van der Waals surface area contributed by atoms with Gasteiger partial charge in [0.2, 0.25) is 0 Å². The number of nitrogens with zero attached hydrogens (tertiary/aromatic N) is 2. The summed E-state index contributed by atoms with van der Waals surface area (Å²) in [6, 6.07) is 5.44. The molecule has 0 aromatic heterocycles. The number of halogens is 2. The third-order valence-electron chi connectivity index (χ3n) is 4.19. The summed E-state index contributed by atoms with van der Waals surface area (Å²) in [5.74, 6) is -0.0696. The van der Waals surface area contributed by atoms with Crippen molar-refractivity contribution in [1.29, 1.82) is 0 Å². The largest absolute Gasteiger partial charge is 0.317 e. The van der Waals surface area contributed by atoms with Gasteiger partial charge >= 0.3 is 0 Å². The molecule has 0 saturated carbocycles. The molecule has 3 aliphatic rings. The summed E-state index contributed by atoms with van der Waals surface area (Å²) in [7, 11) is 0. The van der Waals surface area contributed by atoms with Crippen molar-refractivity contribution < 1.29 is 8.87 Å². The minimum atomic E-state index is -0.0696. The molecule has 4 heteroatoms. The SMILES string of the molecule is Fc1cc(Br)ccc1C[N+]12CCN(CC1)CC2. The first kappa shape index (κ1) is 11.6. The molecular weight excluding hydrogens is 283 g/mol. The summed E-state index contributed by atoms with van der Waals surface area (Å²) < 4.78 is 15.8. The van der Waals surface area contributed by atoms with Crippen LogP contribution in [-0.4, -0.2) is 48.7 Å². The third-order valence-corrected chi connectivity index (χ3v) is 4.69. The monoisotopic (exact) mass is 299 g/mol. The predicted molar refractivity (Wildman–Crippen MR) is 69.1 cm³/mol. The molecule has 0 aliphatic carbocycles. The van der Waals surface area contributed by atoms with Crippen LogP contribution in [0.1, 0.15) is 5.56 Å². The lowest BCUT2D eigenvalue weighted by Crippen LogP contribution is -2.66. The molecule has 17 heavy (non-hydrogen) atoms. The fourth-order valence-electron chi connectivity index (χ4n) is 2.98. The van der Waals surface area contributed by atoms with Crippen LogP contribution >= 0.6 is 15.9 Å². The highest BCUT2D eigenvalue weighted by Crippen LogP contribution is 2.25. The van der Waals surface area contributed by atoms with Crippen molar-refractivity contribution in [3.05, 3.63) is 34.1 Å². The summed E-state index contributed by atoms with van der Waals surface area (Å²) in [5.41, 5.74) is 0.864. The molecule has 0 spiro atoms. The molecular formula is C13H17BrFN2+. The lowest BCUT2D eigenvalue weighted by molar-refractivity contribution is -0.953. The Kier molecular flexibility index (Phi) is 2.97. The van der Waals surface area contributed by atoms with E-state index in [9.17, 15) is 4.39 Å². The molecule has 0 N–H and O–H groups in total. The van der Waals surface area contributed by atoms with Gasteiger partial charge in [0.25, 0.3) is 0 Å². The van der Waals surface area contributed by atoms with Crippen molar-refractivity contribution in [3.8, 4) is 0 Å². The predicted octanol–water partition coefficient (Wildman–Crippen LogP) is 2.23. The molecule has 0 atom stereocenters. The van der Waals surface area contributed by atoms with Gasteiger partial charge in [-0.25, -0.2) is 4.39 Å². The van der Waals surface area contributed by atoms with E-state index in [-0.39, 0.29) is 5.82 Å². The zero-order chi connectivity index (χ0) is 11.9. The lowest BCUT2D eigenvalue weighted by Gasteiger charge is -2.50. The van der Waals surface area contributed by atoms with Gasteiger partial charge in [0.05, 0.1) is 19.6 Å². The van der Waals surface area contributed by atoms with Crippen LogP contribution < -0.4 is 0 Å². The van der Waals surface area contributed by atoms with Crippen molar-refractivity contribution >= 4 is 15.9 Å². The molecule has 92 valence electrons. The fraction of sp³-hybridized carbons (Fsp3) is 0.538. The standard InChI is InChI=1S/C13H17BrFN2/c14-12-2-1-11(13(15)9-12)10-17-6-3-16(4-7-17)5-8-17/h1-2,9H,3-8,10H2/q+1. The van der Waals surface area contributed by atoms with Gasteiger partial charge in [-0.15, -0.1) is 0 Å². The van der Waals surface area contributed by atoms with Crippen LogP contribution in [0.3, 0.4) is 0 Å². The highest BCUT2D eigenvalue weighted by Gasteiger charge is 2.38. The molecule has 0 amide bonds. The van der Waals surface area contributed by atoms with E-state index < -0.39 is 0 Å². The van der Waals surface area contributed by atoms with Crippen LogP contribution in [-0.2, 0) is 6.54 Å². The van der Waals surface area contributed by atoms with E-state index in [4.69, 9.17) is 0 Å². The van der Waals surface area contributed by atoms with Gasteiger partial charge in [0.1, 0.15) is 12.4 Å². The topological polar surface area (TPSA) is 3.24 Å². The molecule has 4 rings (SSSR count). The van der Waals surface area contributed by atoms with Crippen LogP contribution in [0.5, 0.6) is 0 Å². The van der Waals surface area contributed by atoms with Gasteiger partial charge in [0.15, 0.2) is 0 Å². The number of hydrogen-bond donors (Lipinski definition) is 0. The Morgan fingerprint density at radius 2 is 1.82 bits per heavy atom. The third kappa shape index (κ3) is 2.26. The second-order valence-electron chi connectivity index (χ2n) is 5.25. The number of hydrogen-bond acceptors (Lipinski definition) is 1. The molecule has 1 aromatic rings. The summed E-state index contributed by atoms with van der Waals surface area (Å²) >= 11 is 3.31. The van der Waals surface area contributed by atoms with Crippen molar-refractivity contribution in [2.24, 2.45) is 0 Å². The second kappa shape index (κ2) is 4.34. The van der Waals surface area contributed by atoms with Gasteiger partial charge in [-0.1, -0.05) is 15.9 Å². The van der Waals surface area contributed by atoms with Crippen LogP contribution in [0.15, 0.2) is 22.7 Å². The summed E-state index contributed by atoms with van der Waals surface area (Å²) in [6.45, 7) is 7.92. The summed E-state index contributed by atoms with van der Waals surface area (Å²) in [4.78, 5) is 2.51. The zero-order valence-electron chi connectivity index (χ0n) is 9.83. The number of fused-ring (bicyclic) bond motifs is 3. The van der Waals surface area contributed by atoms with Crippen molar-refractivity contribution in [3.63, 3.8) is 0 Å². The van der Waals surface area contributed by atoms with Crippen LogP contribution in [0, 0.1) is 5.82 Å². The normalized spacial score (nSPS) is 31.8. The first-order chi connectivity index (χ1) is 8.17. The highest BCUT2D eigenvalue weighted by molar-refractivity contribution is 9.10. The van der Waals surface area contributed by atoms with Crippen LogP contribution in [0.4, 0.5) is 4.39 Å². The van der Waals surface area contributed by atoms with E-state index in [0.29, 0.717) is 0 Å². The van der Waals surface area contributed by atoms with E-state index in [1.54, 1.807) is 6.07 Å². The molecule has 2 bridgehead atoms. The molecule has 2 nitrogen and oxygen atoms in total. The molecule has 3 heterocycles. The Morgan fingerprint density at radius 3 is 2.41 bits per heavy atom. The molecule has 1 aromatic carbocycles. The molecule has 3 saturated heterocycles. The average molecular weight is 300 g/mol. The lowest BCUT2D eigenvalue weighted by atomic mass is 10.1. The van der Waals surface area contributed by atoms with E-state index in [0.717, 1.165) is 21.1 Å². The van der Waals surface area contributed by atoms with Gasteiger partial charge in [-0.2, -0.15) is 0 Å². The van der Waals surface area contributed by atoms with Gasteiger partial charge < -0.3 is 4.48 Å². The Labute approximate surface area is 110 Å². The maximum absolute atomic E-state index is 13.9. The van der Waals surface area contributed by atoms with E-state index >= 15 is 0 Å². The maximum Gasteiger partial charge on any atom is 0.133 e. The molecule has 3 aliphatic heterocycles. The molecule has 3 fully saturated rings. The summed E-state index contributed by atoms with van der Waals surface area (Å²) in [5, 5.41) is 0. The van der Waals surface area contributed by atoms with Crippen LogP contribution in [0.25, 0.3) is 0 Å². The minimum absolute atomic E-state index is 0.0696. The van der Waals surface area contributed by atoms with Gasteiger partial charge in [-0.05, 0) is 18.2 Å². The highest BCUT2D eigenvalue weighted by atomic mass is 79.9. The Morgan fingerprint density at radius 1 is 1.18 bits per heavy atom. The Bertz CT molecular complexity index is 414. The van der Waals surface area contributed by atoms with E-state index in [1.807, 2.05) is 12.1 Å². The number of piperazine rings is 3. The number of rotatable bonds is 2. The Balaban J connectivity index is 1.81. The Hall–Kier alpha value is -0.450. The second-order valence-corrected chi connectivity index (χ2v) is 6.16.